The topological polar surface area (TPSA) is 102 Å². The van der Waals surface area contributed by atoms with Gasteiger partial charge in [-0.2, -0.15) is 0 Å². The predicted octanol–water partition coefficient (Wildman–Crippen LogP) is 10.9. The smallest absolute Gasteiger partial charge is 0.243 e. The Balaban J connectivity index is 0.000000167. The van der Waals surface area contributed by atoms with Crippen molar-refractivity contribution < 1.29 is 23.9 Å². The van der Waals surface area contributed by atoms with Gasteiger partial charge in [-0.1, -0.05) is 131 Å². The Morgan fingerprint density at radius 2 is 1.09 bits per heavy atom. The molecule has 0 saturated carbocycles. The summed E-state index contributed by atoms with van der Waals surface area (Å²) in [5.41, 5.74) is 4.67. The van der Waals surface area contributed by atoms with Crippen LogP contribution in [0.25, 0.3) is 22.3 Å². The van der Waals surface area contributed by atoms with Gasteiger partial charge in [0, 0.05) is 16.7 Å². The molecule has 4 heterocycles. The molecular weight excluding hydrogens is 760 g/mol. The van der Waals surface area contributed by atoms with E-state index in [9.17, 15) is 19.2 Å². The summed E-state index contributed by atoms with van der Waals surface area (Å²) in [5, 5.41) is 6.80. The number of ketones is 2. The number of carbonyl (C=O) groups is 4. The number of thiophene rings is 2. The second-order valence-corrected chi connectivity index (χ2v) is 16.8. The Morgan fingerprint density at radius 1 is 0.574 bits per heavy atom. The monoisotopic (exact) mass is 792 g/mol. The van der Waals surface area contributed by atoms with Crippen molar-refractivity contribution in [1.82, 2.24) is 0 Å². The van der Waals surface area contributed by atoms with Crippen LogP contribution >= 0.6 is 45.9 Å². The number of fused-ring (bicyclic) bond motifs is 2. The van der Waals surface area contributed by atoms with E-state index in [2.05, 4.69) is 10.6 Å². The molecule has 54 heavy (non-hydrogen) atoms. The van der Waals surface area contributed by atoms with Gasteiger partial charge in [0.1, 0.15) is 35.3 Å². The van der Waals surface area contributed by atoms with Gasteiger partial charge >= 0.3 is 0 Å². The van der Waals surface area contributed by atoms with Crippen molar-refractivity contribution in [2.75, 3.05) is 17.7 Å². The van der Waals surface area contributed by atoms with Gasteiger partial charge in [-0.15, -0.1) is 22.7 Å². The van der Waals surface area contributed by atoms with Crippen molar-refractivity contribution in [3.63, 3.8) is 0 Å². The third kappa shape index (κ3) is 6.05. The molecule has 0 radical (unpaired) electrons. The summed E-state index contributed by atoms with van der Waals surface area (Å²) in [4.78, 5) is 53.0. The number of nitrogens with one attached hydrogen (secondary N) is 2. The maximum absolute atomic E-state index is 13.6. The molecular formula is C43H34Cl2N2O5S2. The van der Waals surface area contributed by atoms with Gasteiger partial charge < -0.3 is 15.4 Å². The fraction of sp³-hybridized carbons (Fsp3) is 0.163. The number of anilines is 2. The van der Waals surface area contributed by atoms with Crippen LogP contribution in [0.4, 0.5) is 10.0 Å². The second kappa shape index (κ2) is 14.3. The Kier molecular flexibility index (Phi) is 9.87. The van der Waals surface area contributed by atoms with Crippen molar-refractivity contribution in [2.45, 2.75) is 38.5 Å². The lowest BCUT2D eigenvalue weighted by Gasteiger charge is -2.32. The predicted molar refractivity (Wildman–Crippen MR) is 219 cm³/mol. The lowest BCUT2D eigenvalue weighted by atomic mass is 9.72. The Hall–Kier alpha value is -5.06. The quantitative estimate of drug-likeness (QED) is 0.169. The number of amides is 2. The van der Waals surface area contributed by atoms with E-state index >= 15 is 0 Å². The minimum Gasteiger partial charge on any atom is -0.496 e. The molecule has 0 spiro atoms. The number of hydrogen-bond acceptors (Lipinski definition) is 7. The third-order valence-corrected chi connectivity index (χ3v) is 12.7. The van der Waals surface area contributed by atoms with E-state index in [0.717, 1.165) is 22.3 Å². The molecule has 2 aliphatic heterocycles. The summed E-state index contributed by atoms with van der Waals surface area (Å²) >= 11 is 15.4. The summed E-state index contributed by atoms with van der Waals surface area (Å²) < 4.78 is 6.40. The molecule has 2 aromatic heterocycles. The summed E-state index contributed by atoms with van der Waals surface area (Å²) in [5.74, 6) is -0.539. The average molecular weight is 794 g/mol. The highest BCUT2D eigenvalue weighted by atomic mass is 35.5. The maximum Gasteiger partial charge on any atom is 0.243 e. The van der Waals surface area contributed by atoms with Gasteiger partial charge in [0.05, 0.1) is 18.2 Å². The van der Waals surface area contributed by atoms with Crippen molar-refractivity contribution in [3.05, 3.63) is 145 Å². The SMILES string of the molecule is COc1ccccc1-c1c(Cl)sc2c1C(=O)C(C)(c1ccccc1)C(=O)N2.Cc1ccc(-c2c(Cl)sc3c2C(=O)C(C)(c2cccc(C)c2)C(=O)N3)cc1. The number of halogens is 2. The zero-order chi connectivity index (χ0) is 38.5. The Labute approximate surface area is 330 Å². The van der Waals surface area contributed by atoms with Gasteiger partial charge in [-0.25, -0.2) is 0 Å². The first kappa shape index (κ1) is 37.3. The molecule has 2 N–H and O–H groups in total. The van der Waals surface area contributed by atoms with Gasteiger partial charge in [0.25, 0.3) is 0 Å². The molecule has 0 bridgehead atoms. The largest absolute Gasteiger partial charge is 0.496 e. The number of Topliss-reactive ketones (excluding diaryl/α,β-unsaturated/α-hetero) is 2. The number of rotatable bonds is 5. The summed E-state index contributed by atoms with van der Waals surface area (Å²) in [7, 11) is 1.57. The molecule has 2 aliphatic rings. The summed E-state index contributed by atoms with van der Waals surface area (Å²) in [6, 6.07) is 31.9. The van der Waals surface area contributed by atoms with Crippen molar-refractivity contribution in [1.29, 1.82) is 0 Å². The fourth-order valence-electron chi connectivity index (χ4n) is 6.90. The Morgan fingerprint density at radius 3 is 1.69 bits per heavy atom. The summed E-state index contributed by atoms with van der Waals surface area (Å²) in [6.07, 6.45) is 0. The van der Waals surface area contributed by atoms with Crippen LogP contribution in [-0.2, 0) is 20.4 Å². The van der Waals surface area contributed by atoms with E-state index in [0.29, 0.717) is 57.8 Å². The highest BCUT2D eigenvalue weighted by Gasteiger charge is 2.51. The number of hydrogen-bond donors (Lipinski definition) is 2. The standard InChI is InChI=1S/C22H18ClNO2S.C21H16ClNO3S/c1-12-7-9-14(10-8-12)16-17-18(25)22(3,15-6-4-5-13(2)11-15)21(26)24-20(17)27-19(16)23;1-21(12-8-4-3-5-9-12)17(24)16-15(13-10-6-7-11-14(13)26-2)18(22)27-19(16)23-20(21)25/h4-11H,1-3H3,(H,24,26);3-11H,1-2H3,(H,23,25). The molecule has 2 amide bonds. The molecule has 272 valence electrons. The third-order valence-electron chi connectivity index (χ3n) is 10.1. The number of benzene rings is 4. The zero-order valence-electron chi connectivity index (χ0n) is 29.9. The van der Waals surface area contributed by atoms with Gasteiger partial charge in [-0.05, 0) is 50.5 Å². The molecule has 6 aromatic rings. The van der Waals surface area contributed by atoms with Gasteiger partial charge in [-0.3, -0.25) is 19.2 Å². The van der Waals surface area contributed by atoms with E-state index in [1.54, 1.807) is 33.1 Å². The molecule has 2 atom stereocenters. The van der Waals surface area contributed by atoms with Crippen LogP contribution < -0.4 is 15.4 Å². The molecule has 2 unspecified atom stereocenters. The molecule has 4 aromatic carbocycles. The average Bonchev–Trinajstić information content (AvgIpc) is 3.68. The van der Waals surface area contributed by atoms with E-state index in [-0.39, 0.29) is 23.4 Å². The number of ether oxygens (including phenoxy) is 1. The van der Waals surface area contributed by atoms with Crippen LogP contribution in [0.5, 0.6) is 5.75 Å². The van der Waals surface area contributed by atoms with Crippen LogP contribution in [-0.4, -0.2) is 30.5 Å². The minimum atomic E-state index is -1.32. The molecule has 8 rings (SSSR count). The van der Waals surface area contributed by atoms with E-state index < -0.39 is 10.8 Å². The van der Waals surface area contributed by atoms with Gasteiger partial charge in [0.15, 0.2) is 11.6 Å². The van der Waals surface area contributed by atoms with E-state index in [4.69, 9.17) is 27.9 Å². The summed E-state index contributed by atoms with van der Waals surface area (Å²) in [6.45, 7) is 7.30. The first-order chi connectivity index (χ1) is 25.8. The lowest BCUT2D eigenvalue weighted by Crippen LogP contribution is -2.48. The maximum atomic E-state index is 13.6. The molecule has 11 heteroatoms. The van der Waals surface area contributed by atoms with Crippen molar-refractivity contribution >= 4 is 79.3 Å². The van der Waals surface area contributed by atoms with Crippen LogP contribution in [0.15, 0.2) is 103 Å². The van der Waals surface area contributed by atoms with Crippen LogP contribution in [0.2, 0.25) is 8.67 Å². The lowest BCUT2D eigenvalue weighted by molar-refractivity contribution is -0.120. The number of para-hydroxylation sites is 1. The van der Waals surface area contributed by atoms with E-state index in [1.165, 1.54) is 22.7 Å². The zero-order valence-corrected chi connectivity index (χ0v) is 33.1. The van der Waals surface area contributed by atoms with Crippen molar-refractivity contribution in [2.24, 2.45) is 0 Å². The number of methoxy groups -OCH3 is 1. The van der Waals surface area contributed by atoms with Crippen LogP contribution in [0.1, 0.15) is 56.8 Å². The number of carbonyl (C=O) groups excluding carboxylic acids is 4. The normalized spacial score (nSPS) is 18.9. The first-order valence-electron chi connectivity index (χ1n) is 17.0. The second-order valence-electron chi connectivity index (χ2n) is 13.5. The molecule has 0 aliphatic carbocycles. The fourth-order valence-corrected chi connectivity index (χ4v) is 9.64. The highest BCUT2D eigenvalue weighted by Crippen LogP contribution is 2.52. The number of aryl methyl sites for hydroxylation is 2. The Bertz CT molecular complexity index is 2490. The van der Waals surface area contributed by atoms with Gasteiger partial charge in [0.2, 0.25) is 11.8 Å². The molecule has 0 saturated heterocycles. The van der Waals surface area contributed by atoms with Crippen LogP contribution in [0.3, 0.4) is 0 Å². The van der Waals surface area contributed by atoms with Crippen LogP contribution in [0, 0.1) is 13.8 Å². The minimum absolute atomic E-state index is 0.217. The molecule has 0 fully saturated rings. The van der Waals surface area contributed by atoms with Crippen molar-refractivity contribution in [3.8, 4) is 28.0 Å². The highest BCUT2D eigenvalue weighted by molar-refractivity contribution is 7.21. The molecule has 7 nitrogen and oxygen atoms in total. The first-order valence-corrected chi connectivity index (χ1v) is 19.4. The van der Waals surface area contributed by atoms with E-state index in [1.807, 2.05) is 105 Å².